The minimum atomic E-state index is -1.05. The Morgan fingerprint density at radius 3 is 1.77 bits per heavy atom. The van der Waals surface area contributed by atoms with Crippen molar-refractivity contribution in [2.75, 3.05) is 14.2 Å². The Kier molecular flexibility index (Phi) is 16.6. The molecule has 1 N–H and O–H groups in total. The summed E-state index contributed by atoms with van der Waals surface area (Å²) in [6.07, 6.45) is -0.340. The van der Waals surface area contributed by atoms with Crippen LogP contribution in [0.25, 0.3) is 16.3 Å². The molecule has 3 rings (SSSR count). The lowest BCUT2D eigenvalue weighted by molar-refractivity contribution is -0.141. The number of rotatable bonds is 6. The maximum absolute atomic E-state index is 11.8. The maximum atomic E-state index is 11.8. The number of carbonyl (C=O) groups excluding carboxylic acids is 3. The summed E-state index contributed by atoms with van der Waals surface area (Å²) < 4.78 is 14.5. The second-order valence-corrected chi connectivity index (χ2v) is 7.71. The van der Waals surface area contributed by atoms with Crippen LogP contribution in [0.5, 0.6) is 5.75 Å². The summed E-state index contributed by atoms with van der Waals surface area (Å²) in [5.74, 6) is -2.16. The fourth-order valence-electron chi connectivity index (χ4n) is 3.54. The number of aliphatic carboxylic acids is 1. The highest BCUT2D eigenvalue weighted by atomic mass is 16.5. The lowest BCUT2D eigenvalue weighted by atomic mass is 9.99. The van der Waals surface area contributed by atoms with Crippen molar-refractivity contribution < 1.29 is 38.5 Å². The molecular formula is C32H40O8. The summed E-state index contributed by atoms with van der Waals surface area (Å²) in [5, 5.41) is 10.4. The fraction of sp³-hybridized carbons (Fsp3) is 0.312. The Bertz CT molecular complexity index is 1310. The Morgan fingerprint density at radius 1 is 0.775 bits per heavy atom. The first-order chi connectivity index (χ1) is 19.1. The Hall–Kier alpha value is -4.46. The molecule has 0 saturated carbocycles. The number of benzene rings is 3. The zero-order valence-electron chi connectivity index (χ0n) is 24.8. The zero-order valence-corrected chi connectivity index (χ0v) is 24.8. The zero-order chi connectivity index (χ0) is 30.8. The third-order valence-corrected chi connectivity index (χ3v) is 5.35. The van der Waals surface area contributed by atoms with E-state index in [-0.39, 0.29) is 12.0 Å². The summed E-state index contributed by atoms with van der Waals surface area (Å²) in [7, 11) is 2.56. The van der Waals surface area contributed by atoms with Gasteiger partial charge < -0.3 is 19.3 Å². The van der Waals surface area contributed by atoms with E-state index >= 15 is 0 Å². The van der Waals surface area contributed by atoms with Crippen molar-refractivity contribution in [2.24, 2.45) is 0 Å². The molecule has 0 spiro atoms. The van der Waals surface area contributed by atoms with Crippen LogP contribution >= 0.6 is 0 Å². The molecule has 8 nitrogen and oxygen atoms in total. The largest absolute Gasteiger partial charge is 0.481 e. The van der Waals surface area contributed by atoms with E-state index in [1.165, 1.54) is 21.1 Å². The van der Waals surface area contributed by atoms with Crippen LogP contribution in [0.15, 0.2) is 66.2 Å². The average molecular weight is 553 g/mol. The van der Waals surface area contributed by atoms with Crippen molar-refractivity contribution in [2.45, 2.75) is 54.9 Å². The third-order valence-electron chi connectivity index (χ3n) is 5.35. The Morgan fingerprint density at radius 2 is 1.30 bits per heavy atom. The molecule has 3 aromatic carbocycles. The predicted octanol–water partition coefficient (Wildman–Crippen LogP) is 7.02. The molecule has 0 fully saturated rings. The summed E-state index contributed by atoms with van der Waals surface area (Å²) in [6, 6.07) is 18.1. The van der Waals surface area contributed by atoms with E-state index in [4.69, 9.17) is 14.6 Å². The fourth-order valence-corrected chi connectivity index (χ4v) is 3.54. The standard InChI is InChI=1S/C15H14O4.C13H14O4.2C2H6/c1-9-11-6-4-5-7-12(11)14(19-10(2)16)8-13(9)15(17)18-3;1-9(10-6-4-3-5-7-10)11(8-12(14)15)13(16)17-2;2*1-2/h4-8H,1-3H3;3-7H,8H2,1-2H3,(H,14,15);2*1-2H3/b;11-9+;;. The number of carboxylic acids is 1. The number of esters is 3. The summed E-state index contributed by atoms with van der Waals surface area (Å²) in [6.45, 7) is 12.9. The molecule has 0 unspecified atom stereocenters. The van der Waals surface area contributed by atoms with E-state index in [0.717, 1.165) is 21.9 Å². The van der Waals surface area contributed by atoms with Crippen molar-refractivity contribution in [3.8, 4) is 5.75 Å². The van der Waals surface area contributed by atoms with Crippen molar-refractivity contribution in [3.63, 3.8) is 0 Å². The summed E-state index contributed by atoms with van der Waals surface area (Å²) in [4.78, 5) is 45.2. The molecule has 0 heterocycles. The molecule has 0 aromatic heterocycles. The van der Waals surface area contributed by atoms with Gasteiger partial charge in [0.1, 0.15) is 5.75 Å². The second kappa shape index (κ2) is 18.7. The van der Waals surface area contributed by atoms with E-state index in [9.17, 15) is 19.2 Å². The molecule has 0 aliphatic heterocycles. The van der Waals surface area contributed by atoms with Crippen LogP contribution in [0.3, 0.4) is 0 Å². The van der Waals surface area contributed by atoms with Gasteiger partial charge in [0.15, 0.2) is 0 Å². The SMILES string of the molecule is CC.CC.COC(=O)/C(CC(=O)O)=C(\C)c1ccccc1.COC(=O)c1cc(OC(C)=O)c2ccccc2c1C. The molecule has 0 amide bonds. The van der Waals surface area contributed by atoms with Crippen LogP contribution in [0.2, 0.25) is 0 Å². The molecular weight excluding hydrogens is 512 g/mol. The highest BCUT2D eigenvalue weighted by molar-refractivity contribution is 6.02. The van der Waals surface area contributed by atoms with Gasteiger partial charge >= 0.3 is 23.9 Å². The molecule has 0 radical (unpaired) electrons. The predicted molar refractivity (Wildman–Crippen MR) is 157 cm³/mol. The molecule has 0 saturated heterocycles. The lowest BCUT2D eigenvalue weighted by Crippen LogP contribution is -2.11. The monoisotopic (exact) mass is 552 g/mol. The van der Waals surface area contributed by atoms with Gasteiger partial charge in [-0.2, -0.15) is 0 Å². The van der Waals surface area contributed by atoms with Gasteiger partial charge in [-0.05, 0) is 42.0 Å². The minimum Gasteiger partial charge on any atom is -0.481 e. The molecule has 0 atom stereocenters. The van der Waals surface area contributed by atoms with Gasteiger partial charge in [-0.15, -0.1) is 0 Å². The lowest BCUT2D eigenvalue weighted by Gasteiger charge is -2.12. The van der Waals surface area contributed by atoms with Gasteiger partial charge in [-0.3, -0.25) is 9.59 Å². The highest BCUT2D eigenvalue weighted by Gasteiger charge is 2.18. The Labute approximate surface area is 236 Å². The highest BCUT2D eigenvalue weighted by Crippen LogP contribution is 2.31. The van der Waals surface area contributed by atoms with Crippen molar-refractivity contribution in [1.29, 1.82) is 0 Å². The van der Waals surface area contributed by atoms with Crippen LogP contribution in [0.4, 0.5) is 0 Å². The van der Waals surface area contributed by atoms with Crippen molar-refractivity contribution in [3.05, 3.63) is 82.9 Å². The number of methoxy groups -OCH3 is 2. The topological polar surface area (TPSA) is 116 Å². The van der Waals surface area contributed by atoms with Gasteiger partial charge in [-0.25, -0.2) is 9.59 Å². The summed E-state index contributed by atoms with van der Waals surface area (Å²) >= 11 is 0. The van der Waals surface area contributed by atoms with Crippen LogP contribution in [0.1, 0.15) is 69.4 Å². The van der Waals surface area contributed by atoms with Crippen molar-refractivity contribution in [1.82, 2.24) is 0 Å². The first-order valence-electron chi connectivity index (χ1n) is 12.9. The molecule has 8 heteroatoms. The molecule has 40 heavy (non-hydrogen) atoms. The number of hydrogen-bond donors (Lipinski definition) is 1. The van der Waals surface area contributed by atoms with E-state index < -0.39 is 23.9 Å². The Balaban J connectivity index is 0.000000680. The smallest absolute Gasteiger partial charge is 0.338 e. The van der Waals surface area contributed by atoms with E-state index in [1.807, 2.05) is 89.2 Å². The quantitative estimate of drug-likeness (QED) is 0.197. The van der Waals surface area contributed by atoms with Gasteiger partial charge in [0.2, 0.25) is 0 Å². The average Bonchev–Trinajstić information content (AvgIpc) is 2.98. The first kappa shape index (κ1) is 35.5. The molecule has 0 aliphatic carbocycles. The van der Waals surface area contributed by atoms with Crippen LogP contribution in [-0.2, 0) is 23.9 Å². The number of hydrogen-bond acceptors (Lipinski definition) is 7. The van der Waals surface area contributed by atoms with Crippen LogP contribution in [0, 0.1) is 6.92 Å². The molecule has 216 valence electrons. The number of allylic oxidation sites excluding steroid dienone is 1. The van der Waals surface area contributed by atoms with Gasteiger partial charge in [0.05, 0.1) is 31.8 Å². The third kappa shape index (κ3) is 10.4. The molecule has 3 aromatic rings. The van der Waals surface area contributed by atoms with Crippen molar-refractivity contribution >= 4 is 40.2 Å². The molecule has 0 bridgehead atoms. The van der Waals surface area contributed by atoms with Gasteiger partial charge in [-0.1, -0.05) is 82.3 Å². The first-order valence-corrected chi connectivity index (χ1v) is 12.9. The maximum Gasteiger partial charge on any atom is 0.338 e. The summed E-state index contributed by atoms with van der Waals surface area (Å²) in [5.41, 5.74) is 2.82. The van der Waals surface area contributed by atoms with E-state index in [0.29, 0.717) is 16.9 Å². The van der Waals surface area contributed by atoms with Crippen LogP contribution in [-0.4, -0.2) is 43.2 Å². The normalized spacial score (nSPS) is 10.1. The number of ether oxygens (including phenoxy) is 3. The van der Waals surface area contributed by atoms with Gasteiger partial charge in [0, 0.05) is 12.3 Å². The minimum absolute atomic E-state index is 0.172. The van der Waals surface area contributed by atoms with Crippen LogP contribution < -0.4 is 4.74 Å². The van der Waals surface area contributed by atoms with Gasteiger partial charge in [0.25, 0.3) is 0 Å². The molecule has 0 aliphatic rings. The number of fused-ring (bicyclic) bond motifs is 1. The number of carboxylic acid groups (broad SMARTS) is 1. The number of carbonyl (C=O) groups is 4. The van der Waals surface area contributed by atoms with E-state index in [2.05, 4.69) is 4.74 Å². The number of aryl methyl sites for hydroxylation is 1. The second-order valence-electron chi connectivity index (χ2n) is 7.71. The van der Waals surface area contributed by atoms with E-state index in [1.54, 1.807) is 13.0 Å².